The van der Waals surface area contributed by atoms with Gasteiger partial charge in [0, 0.05) is 22.2 Å². The zero-order valence-electron chi connectivity index (χ0n) is 9.37. The van der Waals surface area contributed by atoms with E-state index in [-0.39, 0.29) is 11.5 Å². The van der Waals surface area contributed by atoms with Gasteiger partial charge in [-0.2, -0.15) is 0 Å². The van der Waals surface area contributed by atoms with Crippen molar-refractivity contribution in [2.75, 3.05) is 5.73 Å². The van der Waals surface area contributed by atoms with E-state index in [1.807, 2.05) is 6.07 Å². The molecule has 0 aliphatic rings. The lowest BCUT2D eigenvalue weighted by molar-refractivity contribution is 0.629. The molecule has 0 bridgehead atoms. The Morgan fingerprint density at radius 2 is 1.78 bits per heavy atom. The highest BCUT2D eigenvalue weighted by atomic mass is 19.1. The molecule has 0 spiro atoms. The first kappa shape index (κ1) is 10.8. The number of halogens is 2. The molecule has 3 N–H and O–H groups in total. The molecule has 0 aliphatic carbocycles. The van der Waals surface area contributed by atoms with E-state index in [0.717, 1.165) is 22.2 Å². The maximum absolute atomic E-state index is 13.1. The number of nitrogens with one attached hydrogen (secondary N) is 1. The van der Waals surface area contributed by atoms with Crippen molar-refractivity contribution in [1.29, 1.82) is 0 Å². The second kappa shape index (κ2) is 3.84. The highest BCUT2D eigenvalue weighted by molar-refractivity contribution is 5.86. The zero-order chi connectivity index (χ0) is 12.7. The van der Waals surface area contributed by atoms with Crippen LogP contribution in [0.3, 0.4) is 0 Å². The Balaban J connectivity index is 2.16. The van der Waals surface area contributed by atoms with Gasteiger partial charge in [0.15, 0.2) is 0 Å². The number of nitrogens with two attached hydrogens (primary N) is 1. The van der Waals surface area contributed by atoms with Gasteiger partial charge in [-0.25, -0.2) is 8.78 Å². The van der Waals surface area contributed by atoms with Crippen molar-refractivity contribution >= 4 is 16.6 Å². The maximum Gasteiger partial charge on any atom is 0.146 e. The number of benzene rings is 2. The smallest absolute Gasteiger partial charge is 0.146 e. The topological polar surface area (TPSA) is 41.8 Å². The fourth-order valence-electron chi connectivity index (χ4n) is 1.97. The Morgan fingerprint density at radius 1 is 0.944 bits per heavy atom. The summed E-state index contributed by atoms with van der Waals surface area (Å²) in [4.78, 5) is 3.14. The summed E-state index contributed by atoms with van der Waals surface area (Å²) in [6, 6.07) is 10.8. The predicted molar refractivity (Wildman–Crippen MR) is 68.1 cm³/mol. The highest BCUT2D eigenvalue weighted by Crippen LogP contribution is 2.26. The van der Waals surface area contributed by atoms with E-state index in [2.05, 4.69) is 4.98 Å². The molecular formula is C14H10F2N2. The van der Waals surface area contributed by atoms with Gasteiger partial charge in [0.2, 0.25) is 0 Å². The van der Waals surface area contributed by atoms with Crippen LogP contribution >= 0.6 is 0 Å². The Bertz CT molecular complexity index is 732. The predicted octanol–water partition coefficient (Wildman–Crippen LogP) is 3.70. The Kier molecular flexibility index (Phi) is 2.30. The van der Waals surface area contributed by atoms with E-state index in [9.17, 15) is 8.78 Å². The highest BCUT2D eigenvalue weighted by Gasteiger charge is 2.06. The average Bonchev–Trinajstić information content (AvgIpc) is 2.75. The van der Waals surface area contributed by atoms with E-state index in [1.54, 1.807) is 18.2 Å². The van der Waals surface area contributed by atoms with Crippen LogP contribution in [-0.4, -0.2) is 4.98 Å². The molecule has 18 heavy (non-hydrogen) atoms. The number of hydrogen-bond acceptors (Lipinski definition) is 1. The first-order chi connectivity index (χ1) is 8.63. The third-order valence-electron chi connectivity index (χ3n) is 2.89. The van der Waals surface area contributed by atoms with Crippen molar-refractivity contribution in [3.8, 4) is 11.3 Å². The molecule has 0 saturated carbocycles. The summed E-state index contributed by atoms with van der Waals surface area (Å²) < 4.78 is 26.2. The first-order valence-electron chi connectivity index (χ1n) is 5.47. The molecule has 0 fully saturated rings. The van der Waals surface area contributed by atoms with Gasteiger partial charge >= 0.3 is 0 Å². The van der Waals surface area contributed by atoms with Crippen LogP contribution in [0.25, 0.3) is 22.2 Å². The van der Waals surface area contributed by atoms with Crippen molar-refractivity contribution in [2.24, 2.45) is 0 Å². The lowest BCUT2D eigenvalue weighted by Gasteiger charge is -2.00. The Hall–Kier alpha value is -2.36. The van der Waals surface area contributed by atoms with E-state index < -0.39 is 5.82 Å². The number of rotatable bonds is 1. The molecule has 1 aromatic heterocycles. The van der Waals surface area contributed by atoms with Crippen LogP contribution in [0.2, 0.25) is 0 Å². The molecule has 4 heteroatoms. The molecule has 3 rings (SSSR count). The van der Waals surface area contributed by atoms with Crippen LogP contribution in [0.4, 0.5) is 14.5 Å². The molecule has 2 aromatic carbocycles. The van der Waals surface area contributed by atoms with Crippen LogP contribution in [0, 0.1) is 11.6 Å². The van der Waals surface area contributed by atoms with Crippen LogP contribution in [0.5, 0.6) is 0 Å². The molecule has 2 nitrogen and oxygen atoms in total. The van der Waals surface area contributed by atoms with E-state index in [4.69, 9.17) is 5.73 Å². The maximum atomic E-state index is 13.1. The average molecular weight is 244 g/mol. The summed E-state index contributed by atoms with van der Waals surface area (Å²) in [5, 5.41) is 0.771. The Labute approximate surface area is 102 Å². The molecule has 0 radical (unpaired) electrons. The first-order valence-corrected chi connectivity index (χ1v) is 5.47. The van der Waals surface area contributed by atoms with Crippen molar-refractivity contribution in [3.05, 3.63) is 54.1 Å². The van der Waals surface area contributed by atoms with Gasteiger partial charge in [0.05, 0.1) is 5.69 Å². The van der Waals surface area contributed by atoms with Crippen molar-refractivity contribution in [1.82, 2.24) is 4.98 Å². The normalized spacial score (nSPS) is 11.0. The van der Waals surface area contributed by atoms with Gasteiger partial charge in [-0.15, -0.1) is 0 Å². The number of aromatic amines is 1. The fourth-order valence-corrected chi connectivity index (χ4v) is 1.97. The molecule has 0 amide bonds. The molecule has 0 atom stereocenters. The van der Waals surface area contributed by atoms with Gasteiger partial charge in [-0.05, 0) is 42.5 Å². The number of hydrogen-bond donors (Lipinski definition) is 2. The van der Waals surface area contributed by atoms with E-state index in [1.165, 1.54) is 18.2 Å². The molecule has 90 valence electrons. The summed E-state index contributed by atoms with van der Waals surface area (Å²) in [6.45, 7) is 0. The third kappa shape index (κ3) is 1.72. The largest absolute Gasteiger partial charge is 0.396 e. The summed E-state index contributed by atoms with van der Waals surface area (Å²) >= 11 is 0. The Morgan fingerprint density at radius 3 is 2.56 bits per heavy atom. The summed E-state index contributed by atoms with van der Waals surface area (Å²) in [5.74, 6) is -0.729. The van der Waals surface area contributed by atoms with Crippen LogP contribution < -0.4 is 5.73 Å². The molecule has 3 aromatic rings. The quantitative estimate of drug-likeness (QED) is 0.630. The molecule has 0 saturated heterocycles. The SMILES string of the molecule is Nc1cc(-c2cc3cc(F)ccc3[nH]2)ccc1F. The minimum atomic E-state index is -0.444. The van der Waals surface area contributed by atoms with Gasteiger partial charge in [-0.3, -0.25) is 0 Å². The van der Waals surface area contributed by atoms with E-state index >= 15 is 0 Å². The summed E-state index contributed by atoms with van der Waals surface area (Å²) in [6.07, 6.45) is 0. The van der Waals surface area contributed by atoms with E-state index in [0.29, 0.717) is 0 Å². The lowest BCUT2D eigenvalue weighted by atomic mass is 10.1. The number of anilines is 1. The van der Waals surface area contributed by atoms with Crippen molar-refractivity contribution in [3.63, 3.8) is 0 Å². The summed E-state index contributed by atoms with van der Waals surface area (Å²) in [7, 11) is 0. The molecule has 1 heterocycles. The monoisotopic (exact) mass is 244 g/mol. The van der Waals surface area contributed by atoms with Crippen LogP contribution in [-0.2, 0) is 0 Å². The number of fused-ring (bicyclic) bond motifs is 1. The third-order valence-corrected chi connectivity index (χ3v) is 2.89. The minimum Gasteiger partial charge on any atom is -0.396 e. The van der Waals surface area contributed by atoms with Crippen molar-refractivity contribution in [2.45, 2.75) is 0 Å². The van der Waals surface area contributed by atoms with Gasteiger partial charge in [-0.1, -0.05) is 0 Å². The minimum absolute atomic E-state index is 0.0948. The van der Waals surface area contributed by atoms with Crippen LogP contribution in [0.1, 0.15) is 0 Å². The van der Waals surface area contributed by atoms with Gasteiger partial charge < -0.3 is 10.7 Å². The number of nitrogen functional groups attached to an aromatic ring is 1. The lowest BCUT2D eigenvalue weighted by Crippen LogP contribution is -1.90. The molecule has 0 aliphatic heterocycles. The second-order valence-electron chi connectivity index (χ2n) is 4.15. The fraction of sp³-hybridized carbons (Fsp3) is 0. The standard InChI is InChI=1S/C14H10F2N2/c15-10-2-4-13-9(5-10)7-14(18-13)8-1-3-11(16)12(17)6-8/h1-7,18H,17H2. The zero-order valence-corrected chi connectivity index (χ0v) is 9.37. The second-order valence-corrected chi connectivity index (χ2v) is 4.15. The van der Waals surface area contributed by atoms with Crippen molar-refractivity contribution < 1.29 is 8.78 Å². The number of H-pyrrole nitrogens is 1. The van der Waals surface area contributed by atoms with Crippen LogP contribution in [0.15, 0.2) is 42.5 Å². The van der Waals surface area contributed by atoms with Gasteiger partial charge in [0.25, 0.3) is 0 Å². The molecular weight excluding hydrogens is 234 g/mol. The summed E-state index contributed by atoms with van der Waals surface area (Å²) in [5.41, 5.74) is 8.00. The molecule has 0 unspecified atom stereocenters. The van der Waals surface area contributed by atoms with Gasteiger partial charge in [0.1, 0.15) is 11.6 Å². The number of aromatic nitrogens is 1.